The number of fused-ring (bicyclic) bond motifs is 1. The lowest BCUT2D eigenvalue weighted by Crippen LogP contribution is -2.32. The van der Waals surface area contributed by atoms with E-state index in [0.717, 1.165) is 5.56 Å². The predicted octanol–water partition coefficient (Wildman–Crippen LogP) is 4.04. The zero-order valence-corrected chi connectivity index (χ0v) is 12.4. The van der Waals surface area contributed by atoms with E-state index in [4.69, 9.17) is 16.3 Å². The van der Waals surface area contributed by atoms with Crippen molar-refractivity contribution in [3.05, 3.63) is 40.0 Å². The van der Waals surface area contributed by atoms with Crippen LogP contribution in [-0.2, 0) is 10.4 Å². The zero-order chi connectivity index (χ0) is 15.0. The Balaban J connectivity index is 2.25. The lowest BCUT2D eigenvalue weighted by Gasteiger charge is -2.30. The molecule has 1 aromatic heterocycles. The summed E-state index contributed by atoms with van der Waals surface area (Å²) in [6.07, 6.45) is 0.958. The lowest BCUT2D eigenvalue weighted by atomic mass is 9.88. The van der Waals surface area contributed by atoms with Gasteiger partial charge in [0.15, 0.2) is 5.67 Å². The molecule has 1 aliphatic heterocycles. The average Bonchev–Trinajstić information content (AvgIpc) is 2.46. The van der Waals surface area contributed by atoms with E-state index in [1.165, 1.54) is 0 Å². The first-order valence-electron chi connectivity index (χ1n) is 6.82. The summed E-state index contributed by atoms with van der Waals surface area (Å²) in [5.41, 5.74) is 0.284. The fourth-order valence-corrected chi connectivity index (χ4v) is 3.09. The van der Waals surface area contributed by atoms with Crippen molar-refractivity contribution in [2.75, 3.05) is 13.2 Å². The van der Waals surface area contributed by atoms with Crippen molar-refractivity contribution in [3.63, 3.8) is 0 Å². The molecule has 0 spiro atoms. The van der Waals surface area contributed by atoms with Crippen LogP contribution in [-0.4, -0.2) is 18.2 Å². The highest BCUT2D eigenvalue weighted by atomic mass is 35.5. The van der Waals surface area contributed by atoms with Crippen LogP contribution in [0.5, 0.6) is 0 Å². The van der Waals surface area contributed by atoms with Gasteiger partial charge in [0, 0.05) is 17.6 Å². The second-order valence-electron chi connectivity index (χ2n) is 5.43. The second kappa shape index (κ2) is 5.25. The quantitative estimate of drug-likeness (QED) is 0.798. The van der Waals surface area contributed by atoms with E-state index < -0.39 is 5.67 Å². The van der Waals surface area contributed by atoms with E-state index in [1.807, 2.05) is 25.1 Å². The number of hydrogen-bond acceptors (Lipinski definition) is 3. The fraction of sp³-hybridized carbons (Fsp3) is 0.375. The van der Waals surface area contributed by atoms with E-state index >= 15 is 4.39 Å². The zero-order valence-electron chi connectivity index (χ0n) is 11.6. The molecule has 0 amide bonds. The highest BCUT2D eigenvalue weighted by molar-refractivity contribution is 6.35. The minimum absolute atomic E-state index is 0.0433. The lowest BCUT2D eigenvalue weighted by molar-refractivity contribution is -0.0350. The van der Waals surface area contributed by atoms with E-state index in [0.29, 0.717) is 35.4 Å². The first kappa shape index (κ1) is 14.2. The Morgan fingerprint density at radius 2 is 2.24 bits per heavy atom. The number of hydrogen-bond donors (Lipinski definition) is 0. The standard InChI is InChI=1S/C16H14ClFN2O/c1-10-5-13(17)11-7-12(15(8-19)20-14(11)6-10)16(18)3-2-4-21-9-16/h5-7H,2-4,9H2,1H3. The normalized spacial score (nSPS) is 22.2. The number of nitriles is 1. The molecule has 1 saturated heterocycles. The monoisotopic (exact) mass is 304 g/mol. The van der Waals surface area contributed by atoms with Crippen LogP contribution in [0.4, 0.5) is 4.39 Å². The van der Waals surface area contributed by atoms with Crippen molar-refractivity contribution < 1.29 is 9.13 Å². The molecule has 1 aliphatic rings. The molecule has 1 atom stereocenters. The van der Waals surface area contributed by atoms with Crippen LogP contribution in [0.1, 0.15) is 29.7 Å². The predicted molar refractivity (Wildman–Crippen MR) is 79.0 cm³/mol. The molecular formula is C16H14ClFN2O. The molecule has 1 unspecified atom stereocenters. The Kier molecular flexibility index (Phi) is 3.56. The van der Waals surface area contributed by atoms with Gasteiger partial charge >= 0.3 is 0 Å². The summed E-state index contributed by atoms with van der Waals surface area (Å²) in [6, 6.07) is 7.30. The van der Waals surface area contributed by atoms with Gasteiger partial charge in [-0.2, -0.15) is 5.26 Å². The number of pyridine rings is 1. The van der Waals surface area contributed by atoms with Crippen LogP contribution in [0.3, 0.4) is 0 Å². The molecule has 2 heterocycles. The summed E-state index contributed by atoms with van der Waals surface area (Å²) in [5.74, 6) is 0. The molecule has 5 heteroatoms. The number of benzene rings is 1. The van der Waals surface area contributed by atoms with Gasteiger partial charge in [-0.15, -0.1) is 0 Å². The van der Waals surface area contributed by atoms with E-state index in [9.17, 15) is 5.26 Å². The van der Waals surface area contributed by atoms with E-state index in [1.54, 1.807) is 6.07 Å². The number of aromatic nitrogens is 1. The average molecular weight is 305 g/mol. The van der Waals surface area contributed by atoms with Crippen molar-refractivity contribution in [3.8, 4) is 6.07 Å². The minimum atomic E-state index is -1.67. The highest BCUT2D eigenvalue weighted by Crippen LogP contribution is 2.38. The van der Waals surface area contributed by atoms with Crippen LogP contribution in [0.2, 0.25) is 5.02 Å². The summed E-state index contributed by atoms with van der Waals surface area (Å²) < 4.78 is 20.4. The number of nitrogens with zero attached hydrogens (tertiary/aromatic N) is 2. The molecule has 1 aromatic carbocycles. The van der Waals surface area contributed by atoms with Crippen molar-refractivity contribution in [2.45, 2.75) is 25.4 Å². The summed E-state index contributed by atoms with van der Waals surface area (Å²) in [7, 11) is 0. The van der Waals surface area contributed by atoms with Crippen LogP contribution < -0.4 is 0 Å². The Bertz CT molecular complexity index is 748. The van der Waals surface area contributed by atoms with Crippen molar-refractivity contribution in [1.29, 1.82) is 5.26 Å². The first-order valence-corrected chi connectivity index (χ1v) is 7.19. The fourth-order valence-electron chi connectivity index (χ4n) is 2.76. The van der Waals surface area contributed by atoms with Crippen LogP contribution in [0.15, 0.2) is 18.2 Å². The molecule has 0 N–H and O–H groups in total. The molecule has 0 aliphatic carbocycles. The number of rotatable bonds is 1. The SMILES string of the molecule is Cc1cc(Cl)c2cc(C3(F)CCCOC3)c(C#N)nc2c1. The molecule has 3 rings (SSSR count). The van der Waals surface area contributed by atoms with Gasteiger partial charge in [-0.25, -0.2) is 9.37 Å². The topological polar surface area (TPSA) is 45.9 Å². The Hall–Kier alpha value is -1.70. The van der Waals surface area contributed by atoms with Gasteiger partial charge in [0.05, 0.1) is 17.1 Å². The molecule has 0 saturated carbocycles. The summed E-state index contributed by atoms with van der Waals surface area (Å²) in [5, 5.41) is 10.5. The molecule has 3 nitrogen and oxygen atoms in total. The van der Waals surface area contributed by atoms with Crippen LogP contribution >= 0.6 is 11.6 Å². The van der Waals surface area contributed by atoms with Crippen molar-refractivity contribution in [2.24, 2.45) is 0 Å². The largest absolute Gasteiger partial charge is 0.378 e. The maximum atomic E-state index is 15.1. The van der Waals surface area contributed by atoms with E-state index in [-0.39, 0.29) is 17.9 Å². The second-order valence-corrected chi connectivity index (χ2v) is 5.84. The number of ether oxygens (including phenoxy) is 1. The van der Waals surface area contributed by atoms with Crippen molar-refractivity contribution >= 4 is 22.5 Å². The van der Waals surface area contributed by atoms with E-state index in [2.05, 4.69) is 4.98 Å². The van der Waals surface area contributed by atoms with Gasteiger partial charge in [-0.1, -0.05) is 11.6 Å². The number of aryl methyl sites for hydroxylation is 1. The Morgan fingerprint density at radius 1 is 1.43 bits per heavy atom. The maximum Gasteiger partial charge on any atom is 0.162 e. The minimum Gasteiger partial charge on any atom is -0.378 e. The van der Waals surface area contributed by atoms with Gasteiger partial charge in [0.2, 0.25) is 0 Å². The maximum absolute atomic E-state index is 15.1. The van der Waals surface area contributed by atoms with Gasteiger partial charge in [0.1, 0.15) is 11.8 Å². The molecule has 21 heavy (non-hydrogen) atoms. The molecule has 0 radical (unpaired) electrons. The highest BCUT2D eigenvalue weighted by Gasteiger charge is 2.37. The smallest absolute Gasteiger partial charge is 0.162 e. The number of halogens is 2. The molecular weight excluding hydrogens is 291 g/mol. The Morgan fingerprint density at radius 3 is 2.90 bits per heavy atom. The first-order chi connectivity index (χ1) is 10.0. The van der Waals surface area contributed by atoms with Gasteiger partial charge in [-0.05, 0) is 43.5 Å². The molecule has 1 fully saturated rings. The molecule has 0 bridgehead atoms. The third-order valence-corrected chi connectivity index (χ3v) is 4.12. The summed E-state index contributed by atoms with van der Waals surface area (Å²) in [4.78, 5) is 4.29. The van der Waals surface area contributed by atoms with Crippen LogP contribution in [0.25, 0.3) is 10.9 Å². The third kappa shape index (κ3) is 2.48. The van der Waals surface area contributed by atoms with Gasteiger partial charge in [0.25, 0.3) is 0 Å². The summed E-state index contributed by atoms with van der Waals surface area (Å²) in [6.45, 7) is 2.41. The van der Waals surface area contributed by atoms with Gasteiger partial charge < -0.3 is 4.74 Å². The van der Waals surface area contributed by atoms with Gasteiger partial charge in [-0.3, -0.25) is 0 Å². The van der Waals surface area contributed by atoms with Crippen LogP contribution in [0, 0.1) is 18.3 Å². The molecule has 108 valence electrons. The third-order valence-electron chi connectivity index (χ3n) is 3.81. The number of alkyl halides is 1. The Labute approximate surface area is 127 Å². The summed E-state index contributed by atoms with van der Waals surface area (Å²) >= 11 is 6.24. The van der Waals surface area contributed by atoms with Crippen molar-refractivity contribution in [1.82, 2.24) is 4.98 Å². The molecule has 2 aromatic rings.